The predicted molar refractivity (Wildman–Crippen MR) is 167 cm³/mol. The van der Waals surface area contributed by atoms with E-state index in [-0.39, 0.29) is 24.8 Å². The SMILES string of the molecule is Cc1cc(Cl)ccc1N(CC(=O)N(Cc1c(Cl)cccc1Cl)[C@H](Cc1ccccc1)C(=O)NCC(C)C)S(C)(=O)=O. The molecule has 0 aliphatic rings. The van der Waals surface area contributed by atoms with E-state index in [9.17, 15) is 18.0 Å². The van der Waals surface area contributed by atoms with E-state index in [1.807, 2.05) is 44.2 Å². The number of rotatable bonds is 12. The number of benzene rings is 3. The van der Waals surface area contributed by atoms with Crippen molar-refractivity contribution in [3.05, 3.63) is 98.5 Å². The van der Waals surface area contributed by atoms with Gasteiger partial charge < -0.3 is 10.2 Å². The normalized spacial score (nSPS) is 12.2. The minimum atomic E-state index is -3.91. The van der Waals surface area contributed by atoms with Crippen LogP contribution in [0.4, 0.5) is 5.69 Å². The fraction of sp³-hybridized carbons (Fsp3) is 0.333. The van der Waals surface area contributed by atoms with Gasteiger partial charge in [-0.2, -0.15) is 0 Å². The monoisotopic (exact) mass is 637 g/mol. The topological polar surface area (TPSA) is 86.8 Å². The van der Waals surface area contributed by atoms with Crippen LogP contribution in [0.3, 0.4) is 0 Å². The molecule has 0 heterocycles. The Morgan fingerprint density at radius 3 is 2.12 bits per heavy atom. The summed E-state index contributed by atoms with van der Waals surface area (Å²) in [6.45, 7) is 5.39. The number of hydrogen-bond donors (Lipinski definition) is 1. The van der Waals surface area contributed by atoms with E-state index in [1.165, 1.54) is 4.90 Å². The molecule has 220 valence electrons. The van der Waals surface area contributed by atoms with Crippen molar-refractivity contribution in [2.75, 3.05) is 23.7 Å². The average Bonchev–Trinajstić information content (AvgIpc) is 2.89. The third-order valence-electron chi connectivity index (χ3n) is 6.45. The van der Waals surface area contributed by atoms with Crippen LogP contribution in [0.5, 0.6) is 0 Å². The van der Waals surface area contributed by atoms with Crippen LogP contribution >= 0.6 is 34.8 Å². The molecule has 7 nitrogen and oxygen atoms in total. The van der Waals surface area contributed by atoms with Gasteiger partial charge in [0.25, 0.3) is 0 Å². The van der Waals surface area contributed by atoms with Crippen LogP contribution in [-0.2, 0) is 32.6 Å². The van der Waals surface area contributed by atoms with E-state index in [4.69, 9.17) is 34.8 Å². The molecule has 3 aromatic carbocycles. The number of halogens is 3. The van der Waals surface area contributed by atoms with Gasteiger partial charge in [0.15, 0.2) is 0 Å². The molecule has 0 bridgehead atoms. The lowest BCUT2D eigenvalue weighted by atomic mass is 10.0. The Morgan fingerprint density at radius 2 is 1.56 bits per heavy atom. The van der Waals surface area contributed by atoms with Gasteiger partial charge >= 0.3 is 0 Å². The van der Waals surface area contributed by atoms with Crippen molar-refractivity contribution in [1.29, 1.82) is 0 Å². The molecular weight excluding hydrogens is 605 g/mol. The molecule has 3 rings (SSSR count). The van der Waals surface area contributed by atoms with Gasteiger partial charge in [0.2, 0.25) is 21.8 Å². The number of nitrogens with zero attached hydrogens (tertiary/aromatic N) is 2. The van der Waals surface area contributed by atoms with Crippen LogP contribution in [0, 0.1) is 12.8 Å². The quantitative estimate of drug-likeness (QED) is 0.259. The summed E-state index contributed by atoms with van der Waals surface area (Å²) >= 11 is 19.1. The highest BCUT2D eigenvalue weighted by Gasteiger charge is 2.34. The van der Waals surface area contributed by atoms with Crippen LogP contribution < -0.4 is 9.62 Å². The second kappa shape index (κ2) is 14.4. The van der Waals surface area contributed by atoms with Gasteiger partial charge in [-0.15, -0.1) is 0 Å². The first-order valence-corrected chi connectivity index (χ1v) is 16.0. The van der Waals surface area contributed by atoms with E-state index in [0.717, 1.165) is 16.1 Å². The molecule has 0 unspecified atom stereocenters. The van der Waals surface area contributed by atoms with Gasteiger partial charge in [0, 0.05) is 40.1 Å². The highest BCUT2D eigenvalue weighted by atomic mass is 35.5. The molecule has 1 atom stereocenters. The first-order chi connectivity index (χ1) is 19.3. The van der Waals surface area contributed by atoms with Gasteiger partial charge in [0.05, 0.1) is 11.9 Å². The van der Waals surface area contributed by atoms with Crippen LogP contribution in [0.2, 0.25) is 15.1 Å². The van der Waals surface area contributed by atoms with E-state index >= 15 is 0 Å². The van der Waals surface area contributed by atoms with Crippen LogP contribution in [-0.4, -0.2) is 50.5 Å². The van der Waals surface area contributed by atoms with Crippen molar-refractivity contribution in [2.45, 2.75) is 39.8 Å². The molecule has 0 radical (unpaired) electrons. The summed E-state index contributed by atoms with van der Waals surface area (Å²) in [6.07, 6.45) is 1.22. The minimum Gasteiger partial charge on any atom is -0.354 e. The first kappa shape index (κ1) is 32.7. The van der Waals surface area contributed by atoms with Gasteiger partial charge in [-0.25, -0.2) is 8.42 Å². The Hall–Kier alpha value is -2.78. The number of nitrogens with one attached hydrogen (secondary N) is 1. The molecule has 0 saturated carbocycles. The van der Waals surface area contributed by atoms with E-state index in [1.54, 1.807) is 43.3 Å². The summed E-state index contributed by atoms with van der Waals surface area (Å²) in [6, 6.07) is 18.0. The molecule has 0 saturated heterocycles. The maximum absolute atomic E-state index is 14.2. The van der Waals surface area contributed by atoms with Crippen molar-refractivity contribution in [2.24, 2.45) is 5.92 Å². The summed E-state index contributed by atoms with van der Waals surface area (Å²) in [5, 5.41) is 4.02. The molecule has 1 N–H and O–H groups in total. The first-order valence-electron chi connectivity index (χ1n) is 13.1. The van der Waals surface area contributed by atoms with E-state index in [0.29, 0.717) is 38.4 Å². The molecule has 41 heavy (non-hydrogen) atoms. The smallest absolute Gasteiger partial charge is 0.244 e. The van der Waals surface area contributed by atoms with Crippen LogP contribution in [0.25, 0.3) is 0 Å². The molecule has 0 aliphatic carbocycles. The van der Waals surface area contributed by atoms with Crippen molar-refractivity contribution in [1.82, 2.24) is 10.2 Å². The number of anilines is 1. The Kier molecular flexibility index (Phi) is 11.5. The zero-order valence-corrected chi connectivity index (χ0v) is 26.5. The lowest BCUT2D eigenvalue weighted by Crippen LogP contribution is -2.53. The molecule has 3 aromatic rings. The van der Waals surface area contributed by atoms with Gasteiger partial charge in [0.1, 0.15) is 12.6 Å². The van der Waals surface area contributed by atoms with Gasteiger partial charge in [-0.1, -0.05) is 85.0 Å². The summed E-state index contributed by atoms with van der Waals surface area (Å²) in [5.41, 5.74) is 2.16. The molecule has 0 fully saturated rings. The van der Waals surface area contributed by atoms with Crippen molar-refractivity contribution >= 4 is 62.3 Å². The second-order valence-electron chi connectivity index (χ2n) is 10.3. The maximum Gasteiger partial charge on any atom is 0.244 e. The number of hydrogen-bond acceptors (Lipinski definition) is 4. The van der Waals surface area contributed by atoms with Crippen LogP contribution in [0.15, 0.2) is 66.7 Å². The third kappa shape index (κ3) is 9.10. The average molecular weight is 639 g/mol. The highest BCUT2D eigenvalue weighted by molar-refractivity contribution is 7.92. The van der Waals surface area contributed by atoms with Crippen molar-refractivity contribution in [3.8, 4) is 0 Å². The number of sulfonamides is 1. The van der Waals surface area contributed by atoms with Crippen molar-refractivity contribution in [3.63, 3.8) is 0 Å². The fourth-order valence-electron chi connectivity index (χ4n) is 4.32. The Balaban J connectivity index is 2.11. The molecular formula is C30H34Cl3N3O4S. The number of amides is 2. The molecule has 0 spiro atoms. The number of carbonyl (C=O) groups excluding carboxylic acids is 2. The van der Waals surface area contributed by atoms with Gasteiger partial charge in [-0.3, -0.25) is 13.9 Å². The molecule has 11 heteroatoms. The van der Waals surface area contributed by atoms with Crippen molar-refractivity contribution < 1.29 is 18.0 Å². The van der Waals surface area contributed by atoms with Gasteiger partial charge in [-0.05, 0) is 54.3 Å². The minimum absolute atomic E-state index is 0.110. The predicted octanol–water partition coefficient (Wildman–Crippen LogP) is 6.13. The molecule has 0 aliphatic heterocycles. The lowest BCUT2D eigenvalue weighted by molar-refractivity contribution is -0.140. The summed E-state index contributed by atoms with van der Waals surface area (Å²) < 4.78 is 27.0. The lowest BCUT2D eigenvalue weighted by Gasteiger charge is -2.34. The Morgan fingerprint density at radius 1 is 0.927 bits per heavy atom. The van der Waals surface area contributed by atoms with Crippen LogP contribution in [0.1, 0.15) is 30.5 Å². The Bertz CT molecular complexity index is 1460. The number of aryl methyl sites for hydroxylation is 1. The highest BCUT2D eigenvalue weighted by Crippen LogP contribution is 2.29. The zero-order valence-electron chi connectivity index (χ0n) is 23.4. The Labute approximate surface area is 257 Å². The second-order valence-corrected chi connectivity index (χ2v) is 13.4. The zero-order chi connectivity index (χ0) is 30.3. The fourth-order valence-corrected chi connectivity index (χ4v) is 5.97. The third-order valence-corrected chi connectivity index (χ3v) is 8.52. The molecule has 2 amide bonds. The summed E-state index contributed by atoms with van der Waals surface area (Å²) in [7, 11) is -3.91. The summed E-state index contributed by atoms with van der Waals surface area (Å²) in [4.78, 5) is 29.2. The molecule has 0 aromatic heterocycles. The standard InChI is InChI=1S/C30H34Cl3N3O4S/c1-20(2)17-34-30(38)28(16-22-9-6-5-7-10-22)35(18-24-25(32)11-8-12-26(24)33)29(37)19-36(41(4,39)40)27-14-13-23(31)15-21(27)3/h5-15,20,28H,16-19H2,1-4H3,(H,34,38)/t28-/m1/s1. The number of carbonyl (C=O) groups is 2. The summed E-state index contributed by atoms with van der Waals surface area (Å²) in [5.74, 6) is -0.791. The maximum atomic E-state index is 14.2. The van der Waals surface area contributed by atoms with E-state index in [2.05, 4.69) is 5.32 Å². The van der Waals surface area contributed by atoms with E-state index < -0.39 is 28.5 Å². The largest absolute Gasteiger partial charge is 0.354 e.